The second-order valence-corrected chi connectivity index (χ2v) is 1.41. The average Bonchev–Trinajstić information content (AvgIpc) is 1.89. The van der Waals surface area contributed by atoms with E-state index in [1.165, 1.54) is 12.5 Å². The molecule has 1 aromatic heterocycles. The van der Waals surface area contributed by atoms with Crippen LogP contribution in [0.5, 0.6) is 0 Å². The van der Waals surface area contributed by atoms with E-state index in [1.807, 2.05) is 0 Å². The minimum Gasteiger partial charge on any atom is -0.382 e. The lowest BCUT2D eigenvalue weighted by Gasteiger charge is -1.91. The minimum absolute atomic E-state index is 0.236. The lowest BCUT2D eigenvalue weighted by atomic mass is 10.5. The van der Waals surface area contributed by atoms with Crippen LogP contribution in [0.25, 0.3) is 0 Å². The van der Waals surface area contributed by atoms with Crippen molar-refractivity contribution in [1.82, 2.24) is 9.97 Å². The molecule has 0 aliphatic heterocycles. The summed E-state index contributed by atoms with van der Waals surface area (Å²) < 4.78 is 0. The van der Waals surface area contributed by atoms with Crippen LogP contribution < -0.4 is 5.73 Å². The molecule has 1 heterocycles. The summed E-state index contributed by atoms with van der Waals surface area (Å²) >= 11 is 0. The van der Waals surface area contributed by atoms with Gasteiger partial charge in [0.25, 0.3) is 0 Å². The highest BCUT2D eigenvalue weighted by molar-refractivity contribution is 5.53. The Morgan fingerprint density at radius 1 is 1.67 bits per heavy atom. The number of hydrogen-bond acceptors (Lipinski definition) is 5. The lowest BCUT2D eigenvalue weighted by Crippen LogP contribution is -1.89. The van der Waals surface area contributed by atoms with Crippen molar-refractivity contribution in [3.8, 4) is 0 Å². The highest BCUT2D eigenvalue weighted by Gasteiger charge is 1.93. The first kappa shape index (κ1) is 5.61. The Balaban J connectivity index is 3.15. The molecule has 0 aliphatic rings. The highest BCUT2D eigenvalue weighted by Crippen LogP contribution is 2.14. The van der Waals surface area contributed by atoms with Crippen molar-refractivity contribution in [1.29, 1.82) is 5.53 Å². The molecule has 0 bridgehead atoms. The van der Waals surface area contributed by atoms with E-state index >= 15 is 0 Å². The molecule has 1 rings (SSSR count). The zero-order valence-electron chi connectivity index (χ0n) is 4.57. The monoisotopic (exact) mass is 123 g/mol. The molecule has 5 heteroatoms. The summed E-state index contributed by atoms with van der Waals surface area (Å²) in [5.74, 6) is 0.236. The third-order valence-corrected chi connectivity index (χ3v) is 0.843. The molecule has 0 atom stereocenters. The molecule has 3 N–H and O–H groups in total. The normalized spacial score (nSPS) is 8.89. The van der Waals surface area contributed by atoms with E-state index < -0.39 is 0 Å². The zero-order chi connectivity index (χ0) is 6.69. The van der Waals surface area contributed by atoms with Crippen molar-refractivity contribution in [2.75, 3.05) is 5.73 Å². The van der Waals surface area contributed by atoms with Gasteiger partial charge < -0.3 is 5.73 Å². The predicted molar refractivity (Wildman–Crippen MR) is 31.3 cm³/mol. The Bertz CT molecular complexity index is 220. The number of hydrogen-bond donors (Lipinski definition) is 2. The first-order valence-corrected chi connectivity index (χ1v) is 2.27. The second-order valence-electron chi connectivity index (χ2n) is 1.41. The van der Waals surface area contributed by atoms with E-state index in [1.54, 1.807) is 0 Å². The maximum Gasteiger partial charge on any atom is 0.154 e. The SMILES string of the molecule is N=Nc1cncnc1N. The predicted octanol–water partition coefficient (Wildman–Crippen LogP) is 0.721. The van der Waals surface area contributed by atoms with Gasteiger partial charge in [0, 0.05) is 0 Å². The van der Waals surface area contributed by atoms with E-state index in [2.05, 4.69) is 15.1 Å². The van der Waals surface area contributed by atoms with Gasteiger partial charge in [-0.15, -0.1) is 0 Å². The number of rotatable bonds is 1. The highest BCUT2D eigenvalue weighted by atomic mass is 15.0. The van der Waals surface area contributed by atoms with E-state index in [9.17, 15) is 0 Å². The molecule has 0 aromatic carbocycles. The Morgan fingerprint density at radius 2 is 2.44 bits per heavy atom. The van der Waals surface area contributed by atoms with E-state index in [0.29, 0.717) is 5.69 Å². The fourth-order valence-corrected chi connectivity index (χ4v) is 0.418. The van der Waals surface area contributed by atoms with Crippen LogP contribution in [0.1, 0.15) is 0 Å². The van der Waals surface area contributed by atoms with Gasteiger partial charge in [-0.3, -0.25) is 0 Å². The zero-order valence-corrected chi connectivity index (χ0v) is 4.57. The Labute approximate surface area is 51.4 Å². The van der Waals surface area contributed by atoms with Gasteiger partial charge in [0.15, 0.2) is 5.82 Å². The van der Waals surface area contributed by atoms with Gasteiger partial charge in [-0.1, -0.05) is 0 Å². The number of nitrogens with zero attached hydrogens (tertiary/aromatic N) is 3. The van der Waals surface area contributed by atoms with Crippen molar-refractivity contribution in [3.05, 3.63) is 12.5 Å². The average molecular weight is 123 g/mol. The largest absolute Gasteiger partial charge is 0.382 e. The van der Waals surface area contributed by atoms with Gasteiger partial charge in [-0.05, 0) is 0 Å². The van der Waals surface area contributed by atoms with Gasteiger partial charge in [-0.2, -0.15) is 5.11 Å². The van der Waals surface area contributed by atoms with E-state index in [4.69, 9.17) is 11.3 Å². The molecule has 0 spiro atoms. The molecule has 0 radical (unpaired) electrons. The number of anilines is 1. The van der Waals surface area contributed by atoms with Crippen molar-refractivity contribution in [2.24, 2.45) is 5.11 Å². The van der Waals surface area contributed by atoms with Gasteiger partial charge >= 0.3 is 0 Å². The first-order valence-electron chi connectivity index (χ1n) is 2.27. The molecule has 0 saturated heterocycles. The summed E-state index contributed by atoms with van der Waals surface area (Å²) in [6.07, 6.45) is 2.69. The standard InChI is InChI=1S/C4H5N5/c5-4-3(9-6)1-7-2-8-4/h1-2,6H,(H2,5,7,8). The Morgan fingerprint density at radius 3 is 2.89 bits per heavy atom. The quantitative estimate of drug-likeness (QED) is 0.539. The topological polar surface area (TPSA) is 88.0 Å². The van der Waals surface area contributed by atoms with Crippen LogP contribution in [-0.4, -0.2) is 9.97 Å². The molecular weight excluding hydrogens is 118 g/mol. The summed E-state index contributed by atoms with van der Waals surface area (Å²) in [5, 5.41) is 3.07. The number of nitrogens with two attached hydrogens (primary N) is 1. The van der Waals surface area contributed by atoms with Gasteiger partial charge in [0.2, 0.25) is 0 Å². The lowest BCUT2D eigenvalue weighted by molar-refractivity contribution is 1.09. The molecular formula is C4H5N5. The molecule has 1 aromatic rings. The van der Waals surface area contributed by atoms with Crippen LogP contribution in [0.3, 0.4) is 0 Å². The Kier molecular flexibility index (Phi) is 1.35. The van der Waals surface area contributed by atoms with Crippen LogP contribution in [0.2, 0.25) is 0 Å². The van der Waals surface area contributed by atoms with Crippen LogP contribution in [0.4, 0.5) is 11.5 Å². The molecule has 0 unspecified atom stereocenters. The molecule has 0 amide bonds. The molecule has 9 heavy (non-hydrogen) atoms. The minimum atomic E-state index is 0.236. The second kappa shape index (κ2) is 2.17. The smallest absolute Gasteiger partial charge is 0.154 e. The van der Waals surface area contributed by atoms with E-state index in [-0.39, 0.29) is 5.82 Å². The van der Waals surface area contributed by atoms with Crippen molar-refractivity contribution >= 4 is 11.5 Å². The van der Waals surface area contributed by atoms with Crippen molar-refractivity contribution < 1.29 is 0 Å². The molecule has 0 saturated carbocycles. The van der Waals surface area contributed by atoms with Crippen LogP contribution in [-0.2, 0) is 0 Å². The van der Waals surface area contributed by atoms with Gasteiger partial charge in [0.1, 0.15) is 12.0 Å². The number of aromatic nitrogens is 2. The summed E-state index contributed by atoms with van der Waals surface area (Å²) in [6.45, 7) is 0. The van der Waals surface area contributed by atoms with Crippen LogP contribution in [0.15, 0.2) is 17.6 Å². The fraction of sp³-hybridized carbons (Fsp3) is 0. The number of nitrogens with one attached hydrogen (secondary N) is 1. The molecule has 46 valence electrons. The van der Waals surface area contributed by atoms with Crippen molar-refractivity contribution in [2.45, 2.75) is 0 Å². The van der Waals surface area contributed by atoms with Crippen LogP contribution in [0, 0.1) is 5.53 Å². The maximum absolute atomic E-state index is 6.55. The van der Waals surface area contributed by atoms with Gasteiger partial charge in [0.05, 0.1) is 6.20 Å². The Hall–Kier alpha value is -1.52. The molecule has 5 nitrogen and oxygen atoms in total. The summed E-state index contributed by atoms with van der Waals surface area (Å²) in [6, 6.07) is 0. The summed E-state index contributed by atoms with van der Waals surface area (Å²) in [7, 11) is 0. The van der Waals surface area contributed by atoms with E-state index in [0.717, 1.165) is 0 Å². The third kappa shape index (κ3) is 0.987. The summed E-state index contributed by atoms with van der Waals surface area (Å²) in [4.78, 5) is 7.21. The fourth-order valence-electron chi connectivity index (χ4n) is 0.418. The number of nitrogen functional groups attached to an aromatic ring is 1. The third-order valence-electron chi connectivity index (χ3n) is 0.843. The summed E-state index contributed by atoms with van der Waals surface area (Å²) in [5.41, 5.74) is 12.1. The maximum atomic E-state index is 6.55. The molecule has 0 fully saturated rings. The molecule has 0 aliphatic carbocycles. The van der Waals surface area contributed by atoms with Gasteiger partial charge in [-0.25, -0.2) is 15.5 Å². The van der Waals surface area contributed by atoms with Crippen LogP contribution >= 0.6 is 0 Å². The van der Waals surface area contributed by atoms with Crippen molar-refractivity contribution in [3.63, 3.8) is 0 Å². The first-order chi connectivity index (χ1) is 4.34.